The maximum absolute atomic E-state index is 5.20. The van der Waals surface area contributed by atoms with Gasteiger partial charge in [0.05, 0.1) is 7.11 Å². The maximum atomic E-state index is 5.20. The lowest BCUT2D eigenvalue weighted by Gasteiger charge is -2.34. The Morgan fingerprint density at radius 1 is 1.14 bits per heavy atom. The summed E-state index contributed by atoms with van der Waals surface area (Å²) in [6, 6.07) is 1.21. The lowest BCUT2D eigenvalue weighted by atomic mass is 10.3. The zero-order valence-corrected chi connectivity index (χ0v) is 12.9. The van der Waals surface area contributed by atoms with Crippen LogP contribution in [-0.2, 0) is 0 Å². The molecule has 3 rings (SSSR count). The molecule has 1 aliphatic heterocycles. The Morgan fingerprint density at radius 3 is 2.52 bits per heavy atom. The molecule has 1 N–H and O–H groups in total. The van der Waals surface area contributed by atoms with Gasteiger partial charge in [-0.3, -0.25) is 4.90 Å². The minimum Gasteiger partial charge on any atom is -0.467 e. The number of ether oxygens (including phenoxy) is 1. The van der Waals surface area contributed by atoms with Crippen LogP contribution >= 0.6 is 0 Å². The van der Waals surface area contributed by atoms with E-state index < -0.39 is 0 Å². The highest BCUT2D eigenvalue weighted by atomic mass is 16.5. The van der Waals surface area contributed by atoms with E-state index in [0.717, 1.165) is 51.1 Å². The second kappa shape index (κ2) is 6.43. The molecule has 1 aliphatic carbocycles. The van der Waals surface area contributed by atoms with Crippen LogP contribution in [0, 0.1) is 0 Å². The highest BCUT2D eigenvalue weighted by Crippen LogP contribution is 2.28. The van der Waals surface area contributed by atoms with Gasteiger partial charge in [0.1, 0.15) is 0 Å². The van der Waals surface area contributed by atoms with Gasteiger partial charge in [0.2, 0.25) is 11.9 Å². The van der Waals surface area contributed by atoms with Crippen LogP contribution in [0.2, 0.25) is 0 Å². The van der Waals surface area contributed by atoms with Crippen molar-refractivity contribution in [2.24, 2.45) is 0 Å². The number of piperazine rings is 1. The van der Waals surface area contributed by atoms with E-state index in [4.69, 9.17) is 4.74 Å². The summed E-state index contributed by atoms with van der Waals surface area (Å²) in [5.74, 6) is 1.32. The number of aromatic nitrogens is 3. The molecule has 0 bridgehead atoms. The van der Waals surface area contributed by atoms with Crippen molar-refractivity contribution in [1.82, 2.24) is 19.9 Å². The number of rotatable bonds is 6. The third-order valence-corrected chi connectivity index (χ3v) is 3.98. The molecular weight excluding hydrogens is 268 g/mol. The number of hydrogen-bond donors (Lipinski definition) is 1. The average molecular weight is 292 g/mol. The molecule has 21 heavy (non-hydrogen) atoms. The molecule has 1 saturated carbocycles. The first-order valence-electron chi connectivity index (χ1n) is 7.83. The molecule has 7 nitrogen and oxygen atoms in total. The smallest absolute Gasteiger partial charge is 0.322 e. The van der Waals surface area contributed by atoms with E-state index in [1.807, 2.05) is 0 Å². The van der Waals surface area contributed by atoms with Gasteiger partial charge in [0.25, 0.3) is 0 Å². The van der Waals surface area contributed by atoms with Gasteiger partial charge in [0, 0.05) is 38.8 Å². The number of hydrogen-bond acceptors (Lipinski definition) is 7. The average Bonchev–Trinajstić information content (AvgIpc) is 3.37. The monoisotopic (exact) mass is 292 g/mol. The van der Waals surface area contributed by atoms with Crippen molar-refractivity contribution < 1.29 is 4.74 Å². The van der Waals surface area contributed by atoms with Crippen molar-refractivity contribution in [2.75, 3.05) is 50.1 Å². The first-order chi connectivity index (χ1) is 10.3. The van der Waals surface area contributed by atoms with E-state index in [9.17, 15) is 0 Å². The van der Waals surface area contributed by atoms with Gasteiger partial charge in [0.15, 0.2) is 0 Å². The highest BCUT2D eigenvalue weighted by Gasteiger charge is 2.31. The van der Waals surface area contributed by atoms with Crippen LogP contribution in [0.3, 0.4) is 0 Å². The van der Waals surface area contributed by atoms with Crippen LogP contribution in [0.5, 0.6) is 6.01 Å². The summed E-state index contributed by atoms with van der Waals surface area (Å²) in [5.41, 5.74) is 0. The first-order valence-corrected chi connectivity index (χ1v) is 7.83. The second-order valence-corrected chi connectivity index (χ2v) is 5.63. The molecule has 0 radical (unpaired) electrons. The molecule has 2 aliphatic rings. The Hall–Kier alpha value is -1.63. The molecule has 0 unspecified atom stereocenters. The number of nitrogens with zero attached hydrogens (tertiary/aromatic N) is 5. The van der Waals surface area contributed by atoms with Crippen LogP contribution in [0.25, 0.3) is 0 Å². The summed E-state index contributed by atoms with van der Waals surface area (Å²) >= 11 is 0. The van der Waals surface area contributed by atoms with E-state index >= 15 is 0 Å². The summed E-state index contributed by atoms with van der Waals surface area (Å²) in [6.07, 6.45) is 3.76. The summed E-state index contributed by atoms with van der Waals surface area (Å²) < 4.78 is 5.20. The van der Waals surface area contributed by atoms with Gasteiger partial charge in [-0.25, -0.2) is 0 Å². The third-order valence-electron chi connectivity index (χ3n) is 3.98. The van der Waals surface area contributed by atoms with Crippen molar-refractivity contribution in [2.45, 2.75) is 32.2 Å². The van der Waals surface area contributed by atoms with Gasteiger partial charge in [-0.1, -0.05) is 6.92 Å². The van der Waals surface area contributed by atoms with Crippen molar-refractivity contribution in [3.05, 3.63) is 0 Å². The highest BCUT2D eigenvalue weighted by molar-refractivity contribution is 5.39. The van der Waals surface area contributed by atoms with Crippen LogP contribution in [-0.4, -0.2) is 65.7 Å². The lowest BCUT2D eigenvalue weighted by molar-refractivity contribution is 0.246. The SMILES string of the molecule is CCCNc1nc(OC)nc(N2CCN(C3CC3)CC2)n1. The topological polar surface area (TPSA) is 66.4 Å². The third kappa shape index (κ3) is 3.53. The van der Waals surface area contributed by atoms with Crippen molar-refractivity contribution in [3.8, 4) is 6.01 Å². The van der Waals surface area contributed by atoms with Crippen molar-refractivity contribution in [3.63, 3.8) is 0 Å². The zero-order valence-electron chi connectivity index (χ0n) is 12.9. The van der Waals surface area contributed by atoms with Gasteiger partial charge in [-0.2, -0.15) is 15.0 Å². The minimum absolute atomic E-state index is 0.378. The minimum atomic E-state index is 0.378. The molecule has 0 spiro atoms. The molecule has 1 aromatic rings. The molecule has 0 aromatic carbocycles. The van der Waals surface area contributed by atoms with Crippen LogP contribution in [0.1, 0.15) is 26.2 Å². The standard InChI is InChI=1S/C14H24N6O/c1-3-6-15-12-16-13(18-14(17-12)21-2)20-9-7-19(8-10-20)11-4-5-11/h11H,3-10H2,1-2H3,(H,15,16,17,18). The number of nitrogens with one attached hydrogen (secondary N) is 1. The van der Waals surface area contributed by atoms with E-state index in [0.29, 0.717) is 12.0 Å². The summed E-state index contributed by atoms with van der Waals surface area (Å²) in [5, 5.41) is 3.21. The molecule has 0 atom stereocenters. The van der Waals surface area contributed by atoms with Crippen molar-refractivity contribution in [1.29, 1.82) is 0 Å². The Bertz CT molecular complexity index is 471. The van der Waals surface area contributed by atoms with E-state index in [1.165, 1.54) is 12.8 Å². The predicted molar refractivity (Wildman–Crippen MR) is 82.0 cm³/mol. The normalized spacial score (nSPS) is 19.6. The van der Waals surface area contributed by atoms with Gasteiger partial charge in [-0.05, 0) is 19.3 Å². The van der Waals surface area contributed by atoms with E-state index in [-0.39, 0.29) is 0 Å². The van der Waals surface area contributed by atoms with Gasteiger partial charge >= 0.3 is 6.01 Å². The number of methoxy groups -OCH3 is 1. The molecular formula is C14H24N6O. The quantitative estimate of drug-likeness (QED) is 0.838. The van der Waals surface area contributed by atoms with Crippen LogP contribution in [0.15, 0.2) is 0 Å². The largest absolute Gasteiger partial charge is 0.467 e. The van der Waals surface area contributed by atoms with Gasteiger partial charge in [-0.15, -0.1) is 0 Å². The first kappa shape index (κ1) is 14.3. The van der Waals surface area contributed by atoms with Gasteiger partial charge < -0.3 is 15.0 Å². The number of anilines is 2. The van der Waals surface area contributed by atoms with E-state index in [2.05, 4.69) is 37.0 Å². The fourth-order valence-electron chi connectivity index (χ4n) is 2.62. The lowest BCUT2D eigenvalue weighted by Crippen LogP contribution is -2.47. The van der Waals surface area contributed by atoms with Crippen LogP contribution in [0.4, 0.5) is 11.9 Å². The van der Waals surface area contributed by atoms with Crippen LogP contribution < -0.4 is 15.0 Å². The van der Waals surface area contributed by atoms with E-state index in [1.54, 1.807) is 7.11 Å². The molecule has 1 aromatic heterocycles. The molecule has 0 amide bonds. The Balaban J connectivity index is 1.68. The second-order valence-electron chi connectivity index (χ2n) is 5.63. The molecule has 2 fully saturated rings. The Morgan fingerprint density at radius 2 is 1.90 bits per heavy atom. The summed E-state index contributed by atoms with van der Waals surface area (Å²) in [6.45, 7) is 7.09. The van der Waals surface area contributed by atoms with Crippen molar-refractivity contribution >= 4 is 11.9 Å². The molecule has 116 valence electrons. The fraction of sp³-hybridized carbons (Fsp3) is 0.786. The molecule has 1 saturated heterocycles. The molecule has 2 heterocycles. The fourth-order valence-corrected chi connectivity index (χ4v) is 2.62. The Kier molecular flexibility index (Phi) is 4.38. The molecule has 7 heteroatoms. The maximum Gasteiger partial charge on any atom is 0.322 e. The summed E-state index contributed by atoms with van der Waals surface area (Å²) in [4.78, 5) is 18.0. The summed E-state index contributed by atoms with van der Waals surface area (Å²) in [7, 11) is 1.59. The predicted octanol–water partition coefficient (Wildman–Crippen LogP) is 0.986. The zero-order chi connectivity index (χ0) is 14.7. The Labute approximate surface area is 125 Å².